The Morgan fingerprint density at radius 2 is 2.14 bits per heavy atom. The number of Topliss-reactive ketones (excluding diaryl/α,β-unsaturated/α-hetero) is 1. The lowest BCUT2D eigenvalue weighted by Gasteiger charge is -2.02. The predicted octanol–water partition coefficient (Wildman–Crippen LogP) is -0.135. The third-order valence-electron chi connectivity index (χ3n) is 1.41. The number of ether oxygens (including phenoxy) is 1. The Bertz CT molecular complexity index is 206. The highest BCUT2D eigenvalue weighted by Gasteiger charge is 2.07. The molecular weight excluding hydrogens is 188 g/mol. The number of rotatable bonds is 8. The van der Waals surface area contributed by atoms with Gasteiger partial charge in [0.1, 0.15) is 6.61 Å². The van der Waals surface area contributed by atoms with Crippen LogP contribution in [0.4, 0.5) is 0 Å². The summed E-state index contributed by atoms with van der Waals surface area (Å²) >= 11 is 0. The number of nitrogens with one attached hydrogen (secondary N) is 1. The predicted molar refractivity (Wildman–Crippen MR) is 49.8 cm³/mol. The maximum atomic E-state index is 11.0. The molecule has 0 saturated heterocycles. The highest BCUT2D eigenvalue weighted by atomic mass is 16.5. The number of nitrogens with zero attached hydrogens (tertiary/aromatic N) is 1. The van der Waals surface area contributed by atoms with Crippen LogP contribution in [0.25, 0.3) is 0 Å². The Balaban J connectivity index is 3.45. The third kappa shape index (κ3) is 7.35. The van der Waals surface area contributed by atoms with Crippen molar-refractivity contribution in [1.29, 1.82) is 0 Å². The smallest absolute Gasteiger partial charge is 0.227 e. The molecule has 0 aliphatic rings. The van der Waals surface area contributed by atoms with E-state index >= 15 is 0 Å². The molecule has 0 fully saturated rings. The van der Waals surface area contributed by atoms with E-state index in [2.05, 4.69) is 15.2 Å². The van der Waals surface area contributed by atoms with Gasteiger partial charge in [-0.2, -0.15) is 4.91 Å². The molecular formula is C8H14N2O4. The van der Waals surface area contributed by atoms with E-state index in [4.69, 9.17) is 0 Å². The molecule has 0 aromatic rings. The number of hydrogen-bond acceptors (Lipinski definition) is 5. The number of hydrogen-bond donors (Lipinski definition) is 1. The summed E-state index contributed by atoms with van der Waals surface area (Å²) < 4.78 is 4.56. The normalized spacial score (nSPS) is 9.50. The van der Waals surface area contributed by atoms with Gasteiger partial charge < -0.3 is 10.1 Å². The van der Waals surface area contributed by atoms with Crippen LogP contribution in [0.2, 0.25) is 0 Å². The maximum Gasteiger partial charge on any atom is 0.227 e. The first-order valence-corrected chi connectivity index (χ1v) is 4.27. The average molecular weight is 202 g/mol. The van der Waals surface area contributed by atoms with Crippen LogP contribution in [-0.4, -0.2) is 38.5 Å². The first-order valence-electron chi connectivity index (χ1n) is 4.27. The van der Waals surface area contributed by atoms with Crippen LogP contribution in [0.5, 0.6) is 0 Å². The molecule has 80 valence electrons. The molecule has 1 amide bonds. The molecule has 0 saturated carbocycles. The second kappa shape index (κ2) is 8.31. The summed E-state index contributed by atoms with van der Waals surface area (Å²) in [7, 11) is 1.39. The van der Waals surface area contributed by atoms with Crippen LogP contribution in [0, 0.1) is 4.91 Å². The Labute approximate surface area is 82.0 Å². The minimum Gasteiger partial charge on any atom is -0.377 e. The van der Waals surface area contributed by atoms with Gasteiger partial charge in [-0.3, -0.25) is 9.59 Å². The molecule has 14 heavy (non-hydrogen) atoms. The number of methoxy groups -OCH3 is 1. The van der Waals surface area contributed by atoms with E-state index in [0.29, 0.717) is 13.0 Å². The molecule has 0 aromatic carbocycles. The highest BCUT2D eigenvalue weighted by molar-refractivity contribution is 5.98. The minimum atomic E-state index is -0.349. The van der Waals surface area contributed by atoms with E-state index in [0.717, 1.165) is 0 Å². The van der Waals surface area contributed by atoms with Crippen LogP contribution in [0.3, 0.4) is 0 Å². The molecule has 0 rings (SSSR count). The summed E-state index contributed by atoms with van der Waals surface area (Å²) in [5.74, 6) is -0.614. The molecule has 0 unspecified atom stereocenters. The minimum absolute atomic E-state index is 0.0523. The lowest BCUT2D eigenvalue weighted by atomic mass is 10.3. The van der Waals surface area contributed by atoms with Gasteiger partial charge in [-0.05, 0) is 6.42 Å². The Morgan fingerprint density at radius 1 is 1.43 bits per heavy atom. The molecule has 6 nitrogen and oxygen atoms in total. The van der Waals surface area contributed by atoms with Crippen molar-refractivity contribution in [3.63, 3.8) is 0 Å². The largest absolute Gasteiger partial charge is 0.377 e. The van der Waals surface area contributed by atoms with Gasteiger partial charge in [-0.25, -0.2) is 0 Å². The second-order valence-electron chi connectivity index (χ2n) is 2.70. The monoisotopic (exact) mass is 202 g/mol. The molecule has 0 radical (unpaired) electrons. The van der Waals surface area contributed by atoms with E-state index in [1.807, 2.05) is 0 Å². The third-order valence-corrected chi connectivity index (χ3v) is 1.41. The van der Waals surface area contributed by atoms with E-state index < -0.39 is 0 Å². The highest BCUT2D eigenvalue weighted by Crippen LogP contribution is 1.85. The van der Waals surface area contributed by atoms with Crippen molar-refractivity contribution in [3.8, 4) is 0 Å². The second-order valence-corrected chi connectivity index (χ2v) is 2.70. The van der Waals surface area contributed by atoms with Gasteiger partial charge in [-0.1, -0.05) is 5.18 Å². The van der Waals surface area contributed by atoms with E-state index in [9.17, 15) is 14.5 Å². The van der Waals surface area contributed by atoms with Gasteiger partial charge in [-0.15, -0.1) is 0 Å². The van der Waals surface area contributed by atoms with Crippen LogP contribution >= 0.6 is 0 Å². The standard InChI is InChI=1S/C8H14N2O4/c1-14-6-7(11)5-8(12)9-3-2-4-10-13/h2-6H2,1H3,(H,9,12). The summed E-state index contributed by atoms with van der Waals surface area (Å²) in [5.41, 5.74) is 0. The van der Waals surface area contributed by atoms with Crippen molar-refractivity contribution in [3.05, 3.63) is 4.91 Å². The summed E-state index contributed by atoms with van der Waals surface area (Å²) in [5, 5.41) is 5.13. The Kier molecular flexibility index (Phi) is 7.53. The molecule has 1 N–H and O–H groups in total. The van der Waals surface area contributed by atoms with Crippen LogP contribution in [0.15, 0.2) is 5.18 Å². The number of carbonyl (C=O) groups is 2. The van der Waals surface area contributed by atoms with E-state index in [-0.39, 0.29) is 31.3 Å². The molecule has 0 aliphatic carbocycles. The summed E-state index contributed by atoms with van der Waals surface area (Å²) in [6.07, 6.45) is 0.316. The number of ketones is 1. The van der Waals surface area contributed by atoms with E-state index in [1.165, 1.54) is 7.11 Å². The zero-order valence-corrected chi connectivity index (χ0v) is 8.12. The Hall–Kier alpha value is -1.30. The molecule has 0 spiro atoms. The number of carbonyl (C=O) groups excluding carboxylic acids is 2. The molecule has 0 aliphatic heterocycles. The van der Waals surface area contributed by atoms with Crippen molar-refractivity contribution in [1.82, 2.24) is 5.32 Å². The van der Waals surface area contributed by atoms with Gasteiger partial charge >= 0.3 is 0 Å². The quantitative estimate of drug-likeness (QED) is 0.337. The van der Waals surface area contributed by atoms with Gasteiger partial charge in [0.15, 0.2) is 5.78 Å². The molecule has 0 atom stereocenters. The fourth-order valence-corrected chi connectivity index (χ4v) is 0.825. The fourth-order valence-electron chi connectivity index (χ4n) is 0.825. The SMILES string of the molecule is COCC(=O)CC(=O)NCCCN=O. The van der Waals surface area contributed by atoms with Crippen molar-refractivity contribution in [2.45, 2.75) is 12.8 Å². The van der Waals surface area contributed by atoms with Crippen LogP contribution in [0.1, 0.15) is 12.8 Å². The first kappa shape index (κ1) is 12.7. The van der Waals surface area contributed by atoms with E-state index in [1.54, 1.807) is 0 Å². The van der Waals surface area contributed by atoms with Gasteiger partial charge in [0.05, 0.1) is 13.0 Å². The van der Waals surface area contributed by atoms with Crippen molar-refractivity contribution in [2.75, 3.05) is 26.8 Å². The van der Waals surface area contributed by atoms with Crippen LogP contribution < -0.4 is 5.32 Å². The number of nitroso groups, excluding NO2 is 1. The van der Waals surface area contributed by atoms with Gasteiger partial charge in [0.2, 0.25) is 5.91 Å². The van der Waals surface area contributed by atoms with Crippen molar-refractivity contribution >= 4 is 11.7 Å². The molecule has 0 heterocycles. The molecule has 0 bridgehead atoms. The topological polar surface area (TPSA) is 84.8 Å². The zero-order chi connectivity index (χ0) is 10.8. The Morgan fingerprint density at radius 3 is 2.71 bits per heavy atom. The van der Waals surface area contributed by atoms with Crippen molar-refractivity contribution in [2.24, 2.45) is 5.18 Å². The van der Waals surface area contributed by atoms with Crippen LogP contribution in [-0.2, 0) is 14.3 Å². The summed E-state index contributed by atoms with van der Waals surface area (Å²) in [6.45, 7) is 0.487. The zero-order valence-electron chi connectivity index (χ0n) is 8.12. The lowest BCUT2D eigenvalue weighted by Crippen LogP contribution is -2.28. The van der Waals surface area contributed by atoms with Gasteiger partial charge in [0, 0.05) is 13.7 Å². The summed E-state index contributed by atoms with van der Waals surface area (Å²) in [6, 6.07) is 0. The maximum absolute atomic E-state index is 11.0. The lowest BCUT2D eigenvalue weighted by molar-refractivity contribution is -0.130. The fraction of sp³-hybridized carbons (Fsp3) is 0.750. The number of amides is 1. The summed E-state index contributed by atoms with van der Waals surface area (Å²) in [4.78, 5) is 31.6. The molecule has 0 aromatic heterocycles. The molecule has 6 heteroatoms. The van der Waals surface area contributed by atoms with Gasteiger partial charge in [0.25, 0.3) is 0 Å². The van der Waals surface area contributed by atoms with Crippen molar-refractivity contribution < 1.29 is 14.3 Å². The average Bonchev–Trinajstić information content (AvgIpc) is 2.13. The first-order chi connectivity index (χ1) is 6.70.